The number of hydrogen-bond donors (Lipinski definition) is 1. The van der Waals surface area contributed by atoms with Crippen LogP contribution in [-0.2, 0) is 4.74 Å². The molecule has 3 aliphatic rings. The fourth-order valence-electron chi connectivity index (χ4n) is 4.30. The lowest BCUT2D eigenvalue weighted by atomic mass is 9.87. The minimum absolute atomic E-state index is 0.486. The van der Waals surface area contributed by atoms with Gasteiger partial charge in [0.1, 0.15) is 0 Å². The molecule has 1 N–H and O–H groups in total. The zero-order valence-electron chi connectivity index (χ0n) is 16.1. The van der Waals surface area contributed by atoms with Crippen LogP contribution >= 0.6 is 11.8 Å². The summed E-state index contributed by atoms with van der Waals surface area (Å²) in [6.07, 6.45) is 7.01. The lowest BCUT2D eigenvalue weighted by Crippen LogP contribution is -2.53. The number of rotatable bonds is 4. The number of morpholine rings is 1. The fourth-order valence-corrected chi connectivity index (χ4v) is 5.87. The van der Waals surface area contributed by atoms with Gasteiger partial charge in [0.05, 0.1) is 19.8 Å². The van der Waals surface area contributed by atoms with Crippen LogP contribution in [0.4, 0.5) is 0 Å². The molecule has 0 radical (unpaired) electrons. The monoisotopic (exact) mass is 368 g/mol. The molecule has 0 bridgehead atoms. The Bertz CT molecular complexity index is 428. The summed E-state index contributed by atoms with van der Waals surface area (Å²) in [7, 11) is 0. The second-order valence-electron chi connectivity index (χ2n) is 7.71. The Morgan fingerprint density at radius 2 is 1.96 bits per heavy atom. The van der Waals surface area contributed by atoms with Crippen molar-refractivity contribution in [2.24, 2.45) is 4.99 Å². The molecule has 1 saturated carbocycles. The van der Waals surface area contributed by atoms with Crippen LogP contribution in [0.1, 0.15) is 46.0 Å². The van der Waals surface area contributed by atoms with Crippen LogP contribution in [0.3, 0.4) is 0 Å². The standard InChI is InChI=1S/C19H36N4OS/c1-3-20-18(21-15-17(2)22-9-12-24-13-10-22)23-11-14-25-19(16-23)7-5-4-6-8-19/h17H,3-16H2,1-2H3,(H,20,21). The van der Waals surface area contributed by atoms with E-state index >= 15 is 0 Å². The Hall–Kier alpha value is -0.460. The topological polar surface area (TPSA) is 40.1 Å². The average molecular weight is 369 g/mol. The number of ether oxygens (including phenoxy) is 1. The zero-order chi connectivity index (χ0) is 17.5. The van der Waals surface area contributed by atoms with Gasteiger partial charge in [-0.2, -0.15) is 11.8 Å². The van der Waals surface area contributed by atoms with Crippen molar-refractivity contribution in [1.29, 1.82) is 0 Å². The van der Waals surface area contributed by atoms with Gasteiger partial charge in [-0.3, -0.25) is 9.89 Å². The van der Waals surface area contributed by atoms with Gasteiger partial charge in [-0.1, -0.05) is 19.3 Å². The first-order valence-corrected chi connectivity index (χ1v) is 11.2. The number of aliphatic imine (C=N–C) groups is 1. The first kappa shape index (κ1) is 19.3. The van der Waals surface area contributed by atoms with E-state index in [-0.39, 0.29) is 0 Å². The van der Waals surface area contributed by atoms with Crippen LogP contribution in [-0.4, -0.2) is 84.8 Å². The van der Waals surface area contributed by atoms with Gasteiger partial charge >= 0.3 is 0 Å². The van der Waals surface area contributed by atoms with Crippen molar-refractivity contribution in [3.05, 3.63) is 0 Å². The quantitative estimate of drug-likeness (QED) is 0.610. The third-order valence-corrected chi connectivity index (χ3v) is 7.36. The second-order valence-corrected chi connectivity index (χ2v) is 9.27. The van der Waals surface area contributed by atoms with E-state index < -0.39 is 0 Å². The maximum atomic E-state index is 5.47. The van der Waals surface area contributed by atoms with E-state index in [4.69, 9.17) is 9.73 Å². The van der Waals surface area contributed by atoms with Crippen molar-refractivity contribution in [2.75, 3.05) is 58.2 Å². The Kier molecular flexibility index (Phi) is 7.31. The highest BCUT2D eigenvalue weighted by atomic mass is 32.2. The molecule has 25 heavy (non-hydrogen) atoms. The molecule has 1 spiro atoms. The lowest BCUT2D eigenvalue weighted by molar-refractivity contribution is 0.0220. The summed E-state index contributed by atoms with van der Waals surface area (Å²) < 4.78 is 5.96. The Morgan fingerprint density at radius 1 is 1.20 bits per heavy atom. The van der Waals surface area contributed by atoms with Crippen molar-refractivity contribution >= 4 is 17.7 Å². The predicted molar refractivity (Wildman–Crippen MR) is 108 cm³/mol. The molecule has 1 aliphatic carbocycles. The minimum atomic E-state index is 0.486. The Labute approximate surface area is 157 Å². The summed E-state index contributed by atoms with van der Waals surface area (Å²) in [6, 6.07) is 0.486. The average Bonchev–Trinajstić information content (AvgIpc) is 2.66. The molecule has 6 heteroatoms. The second kappa shape index (κ2) is 9.47. The molecule has 0 aromatic heterocycles. The van der Waals surface area contributed by atoms with E-state index in [9.17, 15) is 0 Å². The molecule has 0 aromatic rings. The van der Waals surface area contributed by atoms with E-state index in [1.807, 2.05) is 0 Å². The van der Waals surface area contributed by atoms with Gasteiger partial charge in [-0.25, -0.2) is 0 Å². The number of hydrogen-bond acceptors (Lipinski definition) is 4. The first-order chi connectivity index (χ1) is 12.2. The van der Waals surface area contributed by atoms with Crippen LogP contribution in [0.25, 0.3) is 0 Å². The zero-order valence-corrected chi connectivity index (χ0v) is 17.0. The van der Waals surface area contributed by atoms with Gasteiger partial charge in [0.2, 0.25) is 0 Å². The number of guanidine groups is 1. The van der Waals surface area contributed by atoms with Crippen LogP contribution in [0.5, 0.6) is 0 Å². The Morgan fingerprint density at radius 3 is 2.68 bits per heavy atom. The summed E-state index contributed by atoms with van der Waals surface area (Å²) in [5, 5.41) is 3.56. The smallest absolute Gasteiger partial charge is 0.194 e. The number of nitrogens with one attached hydrogen (secondary N) is 1. The molecule has 3 rings (SSSR count). The summed E-state index contributed by atoms with van der Waals surface area (Å²) in [5.74, 6) is 2.37. The molecule has 1 atom stereocenters. The van der Waals surface area contributed by atoms with Crippen molar-refractivity contribution in [3.8, 4) is 0 Å². The van der Waals surface area contributed by atoms with E-state index in [2.05, 4.69) is 40.7 Å². The SMILES string of the molecule is CCNC(=NCC(C)N1CCOCC1)N1CCSC2(CCCCC2)C1. The van der Waals surface area contributed by atoms with Gasteiger partial charge in [0.15, 0.2) is 5.96 Å². The van der Waals surface area contributed by atoms with Crippen LogP contribution < -0.4 is 5.32 Å². The van der Waals surface area contributed by atoms with Gasteiger partial charge in [0, 0.05) is 49.3 Å². The van der Waals surface area contributed by atoms with Crippen molar-refractivity contribution in [2.45, 2.75) is 56.7 Å². The van der Waals surface area contributed by atoms with Gasteiger partial charge in [-0.05, 0) is 26.7 Å². The number of nitrogens with zero attached hydrogens (tertiary/aromatic N) is 3. The highest BCUT2D eigenvalue weighted by molar-refractivity contribution is 8.00. The largest absolute Gasteiger partial charge is 0.379 e. The molecule has 0 aromatic carbocycles. The van der Waals surface area contributed by atoms with Gasteiger partial charge in [-0.15, -0.1) is 0 Å². The van der Waals surface area contributed by atoms with E-state index in [0.717, 1.165) is 51.9 Å². The maximum absolute atomic E-state index is 5.47. The van der Waals surface area contributed by atoms with Crippen molar-refractivity contribution in [1.82, 2.24) is 15.1 Å². The van der Waals surface area contributed by atoms with E-state index in [1.165, 1.54) is 44.4 Å². The van der Waals surface area contributed by atoms with Crippen molar-refractivity contribution < 1.29 is 4.74 Å². The lowest BCUT2D eigenvalue weighted by Gasteiger charge is -2.45. The van der Waals surface area contributed by atoms with Crippen LogP contribution in [0, 0.1) is 0 Å². The summed E-state index contributed by atoms with van der Waals surface area (Å²) in [4.78, 5) is 10.1. The molecule has 1 unspecified atom stereocenters. The molecule has 3 fully saturated rings. The molecular weight excluding hydrogens is 332 g/mol. The molecule has 2 heterocycles. The third kappa shape index (κ3) is 5.27. The third-order valence-electron chi connectivity index (χ3n) is 5.82. The summed E-state index contributed by atoms with van der Waals surface area (Å²) in [6.45, 7) is 12.4. The molecule has 2 saturated heterocycles. The van der Waals surface area contributed by atoms with E-state index in [0.29, 0.717) is 10.8 Å². The molecule has 144 valence electrons. The predicted octanol–water partition coefficient (Wildman–Crippen LogP) is 2.42. The first-order valence-electron chi connectivity index (χ1n) is 10.2. The van der Waals surface area contributed by atoms with Gasteiger partial charge in [0.25, 0.3) is 0 Å². The van der Waals surface area contributed by atoms with E-state index in [1.54, 1.807) is 0 Å². The summed E-state index contributed by atoms with van der Waals surface area (Å²) in [5.41, 5.74) is 0. The van der Waals surface area contributed by atoms with Crippen molar-refractivity contribution in [3.63, 3.8) is 0 Å². The molecular formula is C19H36N4OS. The highest BCUT2D eigenvalue weighted by Crippen LogP contribution is 2.42. The molecule has 0 amide bonds. The minimum Gasteiger partial charge on any atom is -0.379 e. The normalized spacial score (nSPS) is 26.6. The molecule has 2 aliphatic heterocycles. The highest BCUT2D eigenvalue weighted by Gasteiger charge is 2.38. The summed E-state index contributed by atoms with van der Waals surface area (Å²) >= 11 is 2.23. The van der Waals surface area contributed by atoms with Crippen LogP contribution in [0.2, 0.25) is 0 Å². The van der Waals surface area contributed by atoms with Crippen LogP contribution in [0.15, 0.2) is 4.99 Å². The Balaban J connectivity index is 1.60. The van der Waals surface area contributed by atoms with Gasteiger partial charge < -0.3 is 15.0 Å². The fraction of sp³-hybridized carbons (Fsp3) is 0.947. The maximum Gasteiger partial charge on any atom is 0.194 e. The molecule has 5 nitrogen and oxygen atoms in total. The number of thioether (sulfide) groups is 1.